The van der Waals surface area contributed by atoms with Crippen LogP contribution in [0.3, 0.4) is 0 Å². The van der Waals surface area contributed by atoms with Crippen LogP contribution in [0, 0.1) is 11.7 Å². The minimum atomic E-state index is -0.296. The standard InChI is InChI=1S/C15H21FN2O/c1-17(2)10-12-5-7-18(8-6-12)15-4-3-13(11-19)9-14(15)16/h3-4,9,11-12H,5-8,10H2,1-2H3. The van der Waals surface area contributed by atoms with Gasteiger partial charge in [0, 0.05) is 25.2 Å². The average Bonchev–Trinajstić information content (AvgIpc) is 2.39. The summed E-state index contributed by atoms with van der Waals surface area (Å²) in [5, 5.41) is 0. The predicted octanol–water partition coefficient (Wildman–Crippen LogP) is 2.42. The van der Waals surface area contributed by atoms with Crippen LogP contribution in [-0.4, -0.2) is 44.9 Å². The Morgan fingerprint density at radius 3 is 2.58 bits per heavy atom. The van der Waals surface area contributed by atoms with Crippen molar-refractivity contribution in [3.8, 4) is 0 Å². The molecule has 0 bridgehead atoms. The van der Waals surface area contributed by atoms with E-state index in [4.69, 9.17) is 0 Å². The van der Waals surface area contributed by atoms with Crippen molar-refractivity contribution in [2.45, 2.75) is 12.8 Å². The molecule has 1 aliphatic rings. The number of nitrogens with zero attached hydrogens (tertiary/aromatic N) is 2. The van der Waals surface area contributed by atoms with Crippen molar-refractivity contribution < 1.29 is 9.18 Å². The summed E-state index contributed by atoms with van der Waals surface area (Å²) in [5.74, 6) is 0.402. The van der Waals surface area contributed by atoms with Crippen LogP contribution in [0.25, 0.3) is 0 Å². The number of piperidine rings is 1. The van der Waals surface area contributed by atoms with Gasteiger partial charge in [0.25, 0.3) is 0 Å². The fraction of sp³-hybridized carbons (Fsp3) is 0.533. The largest absolute Gasteiger partial charge is 0.369 e. The lowest BCUT2D eigenvalue weighted by molar-refractivity contribution is 0.112. The van der Waals surface area contributed by atoms with Gasteiger partial charge in [-0.25, -0.2) is 4.39 Å². The van der Waals surface area contributed by atoms with Gasteiger partial charge in [0.15, 0.2) is 0 Å². The summed E-state index contributed by atoms with van der Waals surface area (Å²) < 4.78 is 13.9. The minimum Gasteiger partial charge on any atom is -0.369 e. The first kappa shape index (κ1) is 14.0. The molecule has 0 amide bonds. The van der Waals surface area contributed by atoms with Gasteiger partial charge in [0.1, 0.15) is 12.1 Å². The van der Waals surface area contributed by atoms with Crippen LogP contribution < -0.4 is 4.90 Å². The number of halogens is 1. The normalized spacial score (nSPS) is 16.9. The zero-order chi connectivity index (χ0) is 13.8. The van der Waals surface area contributed by atoms with Crippen molar-refractivity contribution in [2.75, 3.05) is 38.6 Å². The number of carbonyl (C=O) groups is 1. The van der Waals surface area contributed by atoms with E-state index in [1.807, 2.05) is 0 Å². The maximum Gasteiger partial charge on any atom is 0.150 e. The molecule has 0 radical (unpaired) electrons. The summed E-state index contributed by atoms with van der Waals surface area (Å²) in [6.07, 6.45) is 2.86. The van der Waals surface area contributed by atoms with E-state index < -0.39 is 0 Å². The molecule has 1 fully saturated rings. The minimum absolute atomic E-state index is 0.296. The van der Waals surface area contributed by atoms with Gasteiger partial charge in [-0.2, -0.15) is 0 Å². The third kappa shape index (κ3) is 3.53. The van der Waals surface area contributed by atoms with Crippen molar-refractivity contribution in [3.63, 3.8) is 0 Å². The van der Waals surface area contributed by atoms with Crippen molar-refractivity contribution in [2.24, 2.45) is 5.92 Å². The zero-order valence-electron chi connectivity index (χ0n) is 11.6. The van der Waals surface area contributed by atoms with Crippen molar-refractivity contribution >= 4 is 12.0 Å². The molecule has 2 rings (SSSR count). The highest BCUT2D eigenvalue weighted by molar-refractivity contribution is 5.76. The molecular formula is C15H21FN2O. The first-order chi connectivity index (χ1) is 9.10. The van der Waals surface area contributed by atoms with E-state index in [0.717, 1.165) is 32.5 Å². The molecule has 0 N–H and O–H groups in total. The second kappa shape index (κ2) is 6.15. The Bertz CT molecular complexity index is 440. The number of hydrogen-bond donors (Lipinski definition) is 0. The number of benzene rings is 1. The highest BCUT2D eigenvalue weighted by Crippen LogP contribution is 2.26. The van der Waals surface area contributed by atoms with E-state index in [0.29, 0.717) is 23.5 Å². The molecule has 0 unspecified atom stereocenters. The lowest BCUT2D eigenvalue weighted by Crippen LogP contribution is -2.37. The third-order valence-electron chi connectivity index (χ3n) is 3.69. The van der Waals surface area contributed by atoms with Crippen LogP contribution in [0.2, 0.25) is 0 Å². The summed E-state index contributed by atoms with van der Waals surface area (Å²) in [6, 6.07) is 4.71. The van der Waals surface area contributed by atoms with Gasteiger partial charge in [0.2, 0.25) is 0 Å². The Balaban J connectivity index is 1.99. The van der Waals surface area contributed by atoms with E-state index >= 15 is 0 Å². The Labute approximate surface area is 114 Å². The molecule has 3 nitrogen and oxygen atoms in total. The van der Waals surface area contributed by atoms with E-state index in [9.17, 15) is 9.18 Å². The first-order valence-electron chi connectivity index (χ1n) is 6.74. The lowest BCUT2D eigenvalue weighted by Gasteiger charge is -2.34. The van der Waals surface area contributed by atoms with Crippen LogP contribution >= 0.6 is 0 Å². The second-order valence-electron chi connectivity index (χ2n) is 5.52. The molecule has 1 heterocycles. The van der Waals surface area contributed by atoms with Crippen molar-refractivity contribution in [1.29, 1.82) is 0 Å². The average molecular weight is 264 g/mol. The number of rotatable bonds is 4. The summed E-state index contributed by atoms with van der Waals surface area (Å²) in [6.45, 7) is 2.87. The van der Waals surface area contributed by atoms with Gasteiger partial charge in [-0.05, 0) is 51.1 Å². The predicted molar refractivity (Wildman–Crippen MR) is 75.3 cm³/mol. The van der Waals surface area contributed by atoms with Crippen LogP contribution in [-0.2, 0) is 0 Å². The van der Waals surface area contributed by atoms with E-state index in [1.54, 1.807) is 12.1 Å². The summed E-state index contributed by atoms with van der Waals surface area (Å²) >= 11 is 0. The number of hydrogen-bond acceptors (Lipinski definition) is 3. The van der Waals surface area contributed by atoms with Crippen LogP contribution in [0.5, 0.6) is 0 Å². The number of aldehydes is 1. The molecule has 1 aromatic carbocycles. The molecule has 19 heavy (non-hydrogen) atoms. The Morgan fingerprint density at radius 1 is 1.37 bits per heavy atom. The topological polar surface area (TPSA) is 23.6 Å². The molecule has 0 saturated carbocycles. The molecule has 1 aliphatic heterocycles. The van der Waals surface area contributed by atoms with Gasteiger partial charge in [-0.3, -0.25) is 4.79 Å². The maximum atomic E-state index is 13.9. The summed E-state index contributed by atoms with van der Waals surface area (Å²) in [4.78, 5) is 14.9. The van der Waals surface area contributed by atoms with Crippen LogP contribution in [0.4, 0.5) is 10.1 Å². The van der Waals surface area contributed by atoms with E-state index in [-0.39, 0.29) is 5.82 Å². The van der Waals surface area contributed by atoms with Crippen LogP contribution in [0.1, 0.15) is 23.2 Å². The fourth-order valence-electron chi connectivity index (χ4n) is 2.73. The van der Waals surface area contributed by atoms with Gasteiger partial charge in [-0.1, -0.05) is 0 Å². The fourth-order valence-corrected chi connectivity index (χ4v) is 2.73. The monoisotopic (exact) mass is 264 g/mol. The van der Waals surface area contributed by atoms with Gasteiger partial charge < -0.3 is 9.80 Å². The Morgan fingerprint density at radius 2 is 2.05 bits per heavy atom. The highest BCUT2D eigenvalue weighted by Gasteiger charge is 2.21. The van der Waals surface area contributed by atoms with Gasteiger partial charge in [0.05, 0.1) is 5.69 Å². The molecular weight excluding hydrogens is 243 g/mol. The zero-order valence-corrected chi connectivity index (χ0v) is 11.6. The van der Waals surface area contributed by atoms with Crippen molar-refractivity contribution in [1.82, 2.24) is 4.90 Å². The molecule has 0 aliphatic carbocycles. The third-order valence-corrected chi connectivity index (χ3v) is 3.69. The molecule has 1 aromatic rings. The molecule has 0 spiro atoms. The van der Waals surface area contributed by atoms with E-state index in [2.05, 4.69) is 23.9 Å². The van der Waals surface area contributed by atoms with Gasteiger partial charge >= 0.3 is 0 Å². The summed E-state index contributed by atoms with van der Waals surface area (Å²) in [5.41, 5.74) is 1.01. The Hall–Kier alpha value is -1.42. The second-order valence-corrected chi connectivity index (χ2v) is 5.52. The van der Waals surface area contributed by atoms with Gasteiger partial charge in [-0.15, -0.1) is 0 Å². The molecule has 0 atom stereocenters. The molecule has 0 aromatic heterocycles. The summed E-state index contributed by atoms with van der Waals surface area (Å²) in [7, 11) is 4.17. The molecule has 4 heteroatoms. The quantitative estimate of drug-likeness (QED) is 0.780. The number of carbonyl (C=O) groups excluding carboxylic acids is 1. The first-order valence-corrected chi connectivity index (χ1v) is 6.74. The molecule has 1 saturated heterocycles. The highest BCUT2D eigenvalue weighted by atomic mass is 19.1. The maximum absolute atomic E-state index is 13.9. The Kier molecular flexibility index (Phi) is 4.53. The lowest BCUT2D eigenvalue weighted by atomic mass is 9.96. The van der Waals surface area contributed by atoms with Crippen LogP contribution in [0.15, 0.2) is 18.2 Å². The SMILES string of the molecule is CN(C)CC1CCN(c2ccc(C=O)cc2F)CC1. The molecule has 104 valence electrons. The van der Waals surface area contributed by atoms with E-state index in [1.165, 1.54) is 6.07 Å². The van der Waals surface area contributed by atoms with Crippen molar-refractivity contribution in [3.05, 3.63) is 29.6 Å². The number of anilines is 1. The smallest absolute Gasteiger partial charge is 0.150 e.